The van der Waals surface area contributed by atoms with Gasteiger partial charge in [-0.3, -0.25) is 4.79 Å². The lowest BCUT2D eigenvalue weighted by Crippen LogP contribution is -2.11. The molecule has 2 aromatic carbocycles. The van der Waals surface area contributed by atoms with Crippen LogP contribution in [0.4, 0.5) is 4.39 Å². The summed E-state index contributed by atoms with van der Waals surface area (Å²) >= 11 is 0. The number of halogens is 1. The number of esters is 2. The van der Waals surface area contributed by atoms with Crippen molar-refractivity contribution in [1.82, 2.24) is 0 Å². The standard InChI is InChI=1S/C30H31FO4/c1-19(2)29(32)34-16-4-5-21-6-8-22(9-7-21)24-12-15-26(28(31)18-24)23-10-13-25(14-11-23)35-30(33)27-17-20(27)3/h6-15,20,24,27H,1,4-5,16-18H2,2-3H3. The SMILES string of the molecule is C=C(C)C(=O)OCCCc1ccc(C2C=CC(c3ccc(OC(=O)C4CC4C)cc3)=C(F)C2)cc1. The fourth-order valence-electron chi connectivity index (χ4n) is 4.20. The van der Waals surface area contributed by atoms with Crippen LogP contribution in [0.3, 0.4) is 0 Å². The summed E-state index contributed by atoms with van der Waals surface area (Å²) in [5.41, 5.74) is 3.94. The van der Waals surface area contributed by atoms with Crippen LogP contribution in [0.1, 0.15) is 55.7 Å². The molecule has 1 saturated carbocycles. The van der Waals surface area contributed by atoms with Crippen molar-refractivity contribution in [3.05, 3.63) is 95.4 Å². The van der Waals surface area contributed by atoms with Gasteiger partial charge in [-0.15, -0.1) is 0 Å². The molecular weight excluding hydrogens is 443 g/mol. The molecule has 0 saturated heterocycles. The van der Waals surface area contributed by atoms with Crippen LogP contribution in [0.15, 0.2) is 78.7 Å². The quantitative estimate of drug-likeness (QED) is 0.175. The minimum absolute atomic E-state index is 0.00784. The second-order valence-corrected chi connectivity index (χ2v) is 9.51. The van der Waals surface area contributed by atoms with Crippen molar-refractivity contribution in [3.8, 4) is 5.75 Å². The number of hydrogen-bond acceptors (Lipinski definition) is 4. The second-order valence-electron chi connectivity index (χ2n) is 9.51. The van der Waals surface area contributed by atoms with Crippen LogP contribution in [0.5, 0.6) is 5.75 Å². The van der Waals surface area contributed by atoms with Gasteiger partial charge < -0.3 is 9.47 Å². The lowest BCUT2D eigenvalue weighted by Gasteiger charge is -2.19. The van der Waals surface area contributed by atoms with Gasteiger partial charge in [0.2, 0.25) is 0 Å². The molecule has 3 unspecified atom stereocenters. The summed E-state index contributed by atoms with van der Waals surface area (Å²) in [6, 6.07) is 15.2. The van der Waals surface area contributed by atoms with Gasteiger partial charge in [-0.05, 0) is 60.9 Å². The van der Waals surface area contributed by atoms with Crippen molar-refractivity contribution in [2.75, 3.05) is 6.61 Å². The summed E-state index contributed by atoms with van der Waals surface area (Å²) < 4.78 is 25.6. The monoisotopic (exact) mass is 474 g/mol. The summed E-state index contributed by atoms with van der Waals surface area (Å²) in [5, 5.41) is 0. The fourth-order valence-corrected chi connectivity index (χ4v) is 4.20. The van der Waals surface area contributed by atoms with E-state index in [0.717, 1.165) is 36.0 Å². The number of hydrogen-bond donors (Lipinski definition) is 0. The molecule has 5 heteroatoms. The molecule has 1 fully saturated rings. The van der Waals surface area contributed by atoms with Gasteiger partial charge in [-0.25, -0.2) is 9.18 Å². The Morgan fingerprint density at radius 1 is 1.09 bits per heavy atom. The molecule has 35 heavy (non-hydrogen) atoms. The zero-order valence-corrected chi connectivity index (χ0v) is 20.3. The number of rotatable bonds is 9. The second kappa shape index (κ2) is 10.9. The fraction of sp³-hybridized carbons (Fsp3) is 0.333. The average molecular weight is 475 g/mol. The maximum absolute atomic E-state index is 15.0. The Bertz CT molecular complexity index is 1160. The van der Waals surface area contributed by atoms with Crippen molar-refractivity contribution in [2.24, 2.45) is 11.8 Å². The molecule has 2 aromatic rings. The predicted octanol–water partition coefficient (Wildman–Crippen LogP) is 6.72. The van der Waals surface area contributed by atoms with Gasteiger partial charge in [0.1, 0.15) is 11.6 Å². The maximum Gasteiger partial charge on any atom is 0.333 e. The molecule has 3 atom stereocenters. The first-order valence-electron chi connectivity index (χ1n) is 12.1. The Morgan fingerprint density at radius 3 is 2.37 bits per heavy atom. The molecule has 2 aliphatic rings. The summed E-state index contributed by atoms with van der Waals surface area (Å²) in [4.78, 5) is 23.4. The van der Waals surface area contributed by atoms with Crippen LogP contribution in [0.2, 0.25) is 0 Å². The predicted molar refractivity (Wildman–Crippen MR) is 134 cm³/mol. The van der Waals surface area contributed by atoms with Crippen molar-refractivity contribution >= 4 is 17.5 Å². The highest BCUT2D eigenvalue weighted by Gasteiger charge is 2.40. The number of carbonyl (C=O) groups is 2. The van der Waals surface area contributed by atoms with E-state index in [1.165, 1.54) is 0 Å². The highest BCUT2D eigenvalue weighted by molar-refractivity contribution is 5.86. The number of benzene rings is 2. The molecule has 0 spiro atoms. The van der Waals surface area contributed by atoms with Gasteiger partial charge in [0.05, 0.1) is 12.5 Å². The molecule has 0 amide bonds. The zero-order chi connectivity index (χ0) is 24.9. The number of aryl methyl sites for hydroxylation is 1. The van der Waals surface area contributed by atoms with Gasteiger partial charge in [-0.1, -0.05) is 62.1 Å². The molecule has 2 aliphatic carbocycles. The highest BCUT2D eigenvalue weighted by atomic mass is 19.1. The molecule has 0 aliphatic heterocycles. The third-order valence-electron chi connectivity index (χ3n) is 6.58. The molecule has 4 nitrogen and oxygen atoms in total. The van der Waals surface area contributed by atoms with Gasteiger partial charge in [0, 0.05) is 23.5 Å². The average Bonchev–Trinajstić information content (AvgIpc) is 3.59. The molecule has 0 bridgehead atoms. The lowest BCUT2D eigenvalue weighted by molar-refractivity contribution is -0.139. The summed E-state index contributed by atoms with van der Waals surface area (Å²) in [6.07, 6.45) is 6.59. The van der Waals surface area contributed by atoms with E-state index in [0.29, 0.717) is 35.8 Å². The number of carbonyl (C=O) groups excluding carboxylic acids is 2. The van der Waals surface area contributed by atoms with Crippen LogP contribution in [-0.4, -0.2) is 18.5 Å². The number of ether oxygens (including phenoxy) is 2. The molecule has 182 valence electrons. The van der Waals surface area contributed by atoms with E-state index in [2.05, 4.69) is 6.58 Å². The zero-order valence-electron chi connectivity index (χ0n) is 20.3. The van der Waals surface area contributed by atoms with Crippen LogP contribution in [-0.2, 0) is 20.7 Å². The van der Waals surface area contributed by atoms with E-state index < -0.39 is 0 Å². The van der Waals surface area contributed by atoms with Gasteiger partial charge in [0.15, 0.2) is 0 Å². The molecule has 0 aromatic heterocycles. The Hall–Kier alpha value is -3.47. The smallest absolute Gasteiger partial charge is 0.333 e. The van der Waals surface area contributed by atoms with E-state index in [-0.39, 0.29) is 29.6 Å². The maximum atomic E-state index is 15.0. The Morgan fingerprint density at radius 2 is 1.77 bits per heavy atom. The van der Waals surface area contributed by atoms with Crippen molar-refractivity contribution in [1.29, 1.82) is 0 Å². The van der Waals surface area contributed by atoms with Crippen molar-refractivity contribution < 1.29 is 23.5 Å². The van der Waals surface area contributed by atoms with E-state index in [1.54, 1.807) is 31.2 Å². The normalized spacial score (nSPS) is 20.9. The minimum atomic E-state index is -0.360. The molecule has 0 N–H and O–H groups in total. The van der Waals surface area contributed by atoms with Crippen LogP contribution in [0.25, 0.3) is 5.57 Å². The van der Waals surface area contributed by atoms with E-state index in [1.807, 2.05) is 43.3 Å². The largest absolute Gasteiger partial charge is 0.462 e. The summed E-state index contributed by atoms with van der Waals surface area (Å²) in [6.45, 7) is 7.60. The topological polar surface area (TPSA) is 52.6 Å². The Labute approximate surface area is 206 Å². The minimum Gasteiger partial charge on any atom is -0.462 e. The molecule has 0 heterocycles. The molecule has 4 rings (SSSR count). The van der Waals surface area contributed by atoms with E-state index in [9.17, 15) is 9.59 Å². The third-order valence-corrected chi connectivity index (χ3v) is 6.58. The summed E-state index contributed by atoms with van der Waals surface area (Å²) in [5.74, 6) is 0.173. The van der Waals surface area contributed by atoms with E-state index in [4.69, 9.17) is 9.47 Å². The third kappa shape index (κ3) is 6.36. The van der Waals surface area contributed by atoms with Gasteiger partial charge >= 0.3 is 11.9 Å². The van der Waals surface area contributed by atoms with Crippen LogP contribution >= 0.6 is 0 Å². The van der Waals surface area contributed by atoms with Crippen molar-refractivity contribution in [2.45, 2.75) is 45.4 Å². The number of allylic oxidation sites excluding steroid dienone is 4. The first-order chi connectivity index (χ1) is 16.8. The first-order valence-corrected chi connectivity index (χ1v) is 12.1. The van der Waals surface area contributed by atoms with Crippen LogP contribution in [0, 0.1) is 11.8 Å². The highest BCUT2D eigenvalue weighted by Crippen LogP contribution is 2.39. The molecule has 0 radical (unpaired) electrons. The Balaban J connectivity index is 1.30. The summed E-state index contributed by atoms with van der Waals surface area (Å²) in [7, 11) is 0. The molecular formula is C30H31FO4. The van der Waals surface area contributed by atoms with Crippen molar-refractivity contribution in [3.63, 3.8) is 0 Å². The van der Waals surface area contributed by atoms with Gasteiger partial charge in [0.25, 0.3) is 0 Å². The Kier molecular flexibility index (Phi) is 7.64. The lowest BCUT2D eigenvalue weighted by atomic mass is 9.87. The first kappa shape index (κ1) is 24.6. The van der Waals surface area contributed by atoms with Crippen LogP contribution < -0.4 is 4.74 Å². The van der Waals surface area contributed by atoms with Gasteiger partial charge in [-0.2, -0.15) is 0 Å². The van der Waals surface area contributed by atoms with E-state index >= 15 is 4.39 Å².